The monoisotopic (exact) mass is 243 g/mol. The minimum atomic E-state index is 0.692. The van der Waals surface area contributed by atoms with Crippen molar-refractivity contribution in [1.29, 1.82) is 0 Å². The van der Waals surface area contributed by atoms with Crippen LogP contribution < -0.4 is 0 Å². The van der Waals surface area contributed by atoms with Gasteiger partial charge in [0.05, 0.1) is 5.52 Å². The van der Waals surface area contributed by atoms with Crippen LogP contribution in [0.2, 0.25) is 0 Å². The maximum atomic E-state index is 4.75. The molecule has 17 heavy (non-hydrogen) atoms. The van der Waals surface area contributed by atoms with Crippen molar-refractivity contribution in [2.45, 2.75) is 19.8 Å². The highest BCUT2D eigenvalue weighted by molar-refractivity contribution is 7.99. The van der Waals surface area contributed by atoms with E-state index >= 15 is 0 Å². The molecule has 2 aromatic rings. The van der Waals surface area contributed by atoms with Crippen LogP contribution in [0.5, 0.6) is 0 Å². The molecule has 1 aromatic carbocycles. The molecule has 1 nitrogen and oxygen atoms in total. The van der Waals surface area contributed by atoms with Gasteiger partial charge < -0.3 is 0 Å². The van der Waals surface area contributed by atoms with Crippen LogP contribution >= 0.6 is 11.8 Å². The lowest BCUT2D eigenvalue weighted by Gasteiger charge is -2.17. The number of aromatic nitrogens is 1. The lowest BCUT2D eigenvalue weighted by molar-refractivity contribution is 0.570. The number of hydrogen-bond acceptors (Lipinski definition) is 2. The zero-order valence-electron chi connectivity index (χ0n) is 10.3. The normalized spacial score (nSPS) is 24.4. The Morgan fingerprint density at radius 3 is 2.82 bits per heavy atom. The summed E-state index contributed by atoms with van der Waals surface area (Å²) >= 11 is 2.07. The highest BCUT2D eigenvalue weighted by atomic mass is 32.2. The first-order chi connectivity index (χ1) is 8.25. The van der Waals surface area contributed by atoms with E-state index in [-0.39, 0.29) is 0 Å². The van der Waals surface area contributed by atoms with E-state index in [1.54, 1.807) is 0 Å². The number of hydrogen-bond donors (Lipinski definition) is 0. The Labute approximate surface area is 107 Å². The van der Waals surface area contributed by atoms with Gasteiger partial charge in [0.1, 0.15) is 0 Å². The predicted octanol–water partition coefficient (Wildman–Crippen LogP) is 4.01. The summed E-state index contributed by atoms with van der Waals surface area (Å²) in [5.74, 6) is 4.01. The molecule has 1 aliphatic heterocycles. The lowest BCUT2D eigenvalue weighted by Crippen LogP contribution is -2.09. The summed E-state index contributed by atoms with van der Waals surface area (Å²) in [6.45, 7) is 4.51. The molecular formula is C15H17NS. The van der Waals surface area contributed by atoms with Gasteiger partial charge in [-0.05, 0) is 42.2 Å². The first-order valence-corrected chi connectivity index (χ1v) is 7.35. The lowest BCUT2D eigenvalue weighted by atomic mass is 9.89. The molecule has 0 amide bonds. The van der Waals surface area contributed by atoms with Crippen LogP contribution in [0.3, 0.4) is 0 Å². The van der Waals surface area contributed by atoms with Gasteiger partial charge in [-0.3, -0.25) is 4.98 Å². The molecule has 1 aromatic heterocycles. The van der Waals surface area contributed by atoms with E-state index in [9.17, 15) is 0 Å². The smallest absolute Gasteiger partial charge is 0.0705 e. The fourth-order valence-electron chi connectivity index (χ4n) is 2.66. The van der Waals surface area contributed by atoms with Crippen LogP contribution in [0.1, 0.15) is 24.1 Å². The van der Waals surface area contributed by atoms with Crippen molar-refractivity contribution in [2.24, 2.45) is 5.92 Å². The topological polar surface area (TPSA) is 12.9 Å². The minimum Gasteiger partial charge on any atom is -0.253 e. The highest BCUT2D eigenvalue weighted by Crippen LogP contribution is 2.38. The Bertz CT molecular complexity index is 550. The summed E-state index contributed by atoms with van der Waals surface area (Å²) < 4.78 is 0. The number of thioether (sulfide) groups is 1. The zero-order chi connectivity index (χ0) is 11.8. The third-order valence-corrected chi connectivity index (χ3v) is 5.07. The van der Waals surface area contributed by atoms with E-state index in [1.807, 2.05) is 0 Å². The third-order valence-electron chi connectivity index (χ3n) is 3.72. The standard InChI is InChI=1S/C15H17NS/c1-10-8-17-9-14(10)13-7-12-5-3-4-6-15(12)16-11(13)2/h3-7,10,14H,8-9H2,1-2H3/t10-,14?/m1/s1. The van der Waals surface area contributed by atoms with Crippen molar-refractivity contribution < 1.29 is 0 Å². The maximum Gasteiger partial charge on any atom is 0.0705 e. The first-order valence-electron chi connectivity index (χ1n) is 6.20. The summed E-state index contributed by atoms with van der Waals surface area (Å²) in [4.78, 5) is 4.75. The van der Waals surface area contributed by atoms with Crippen molar-refractivity contribution in [2.75, 3.05) is 11.5 Å². The van der Waals surface area contributed by atoms with Gasteiger partial charge in [-0.2, -0.15) is 11.8 Å². The molecule has 1 aliphatic rings. The summed E-state index contributed by atoms with van der Waals surface area (Å²) in [7, 11) is 0. The van der Waals surface area contributed by atoms with Crippen LogP contribution in [0, 0.1) is 12.8 Å². The van der Waals surface area contributed by atoms with Crippen molar-refractivity contribution >= 4 is 22.7 Å². The molecule has 2 heterocycles. The van der Waals surface area contributed by atoms with Gasteiger partial charge in [0, 0.05) is 16.8 Å². The first kappa shape index (κ1) is 11.1. The Balaban J connectivity index is 2.12. The predicted molar refractivity (Wildman–Crippen MR) is 75.7 cm³/mol. The van der Waals surface area contributed by atoms with Gasteiger partial charge in [-0.15, -0.1) is 0 Å². The van der Waals surface area contributed by atoms with Gasteiger partial charge in [0.2, 0.25) is 0 Å². The van der Waals surface area contributed by atoms with Crippen molar-refractivity contribution in [3.8, 4) is 0 Å². The second-order valence-electron chi connectivity index (χ2n) is 4.98. The number of fused-ring (bicyclic) bond motifs is 1. The fourth-order valence-corrected chi connectivity index (χ4v) is 4.16. The number of nitrogens with zero attached hydrogens (tertiary/aromatic N) is 1. The maximum absolute atomic E-state index is 4.75. The molecular weight excluding hydrogens is 226 g/mol. The van der Waals surface area contributed by atoms with Gasteiger partial charge in [0.15, 0.2) is 0 Å². The molecule has 2 heteroatoms. The molecule has 1 saturated heterocycles. The number of rotatable bonds is 1. The van der Waals surface area contributed by atoms with E-state index in [4.69, 9.17) is 4.98 Å². The number of para-hydroxylation sites is 1. The van der Waals surface area contributed by atoms with Gasteiger partial charge in [-0.25, -0.2) is 0 Å². The largest absolute Gasteiger partial charge is 0.253 e. The number of aryl methyl sites for hydroxylation is 1. The van der Waals surface area contributed by atoms with Crippen molar-refractivity contribution in [3.63, 3.8) is 0 Å². The van der Waals surface area contributed by atoms with E-state index < -0.39 is 0 Å². The van der Waals surface area contributed by atoms with E-state index in [0.717, 1.165) is 11.4 Å². The van der Waals surface area contributed by atoms with Crippen LogP contribution in [-0.4, -0.2) is 16.5 Å². The zero-order valence-corrected chi connectivity index (χ0v) is 11.1. The van der Waals surface area contributed by atoms with Crippen molar-refractivity contribution in [1.82, 2.24) is 4.98 Å². The van der Waals surface area contributed by atoms with E-state index in [1.165, 1.54) is 28.1 Å². The molecule has 3 rings (SSSR count). The molecule has 2 atom stereocenters. The SMILES string of the molecule is Cc1nc2ccccc2cc1C1CSC[C@H]1C. The Morgan fingerprint density at radius 1 is 1.24 bits per heavy atom. The van der Waals surface area contributed by atoms with Crippen LogP contribution in [0.4, 0.5) is 0 Å². The third kappa shape index (κ3) is 1.95. The van der Waals surface area contributed by atoms with E-state index in [0.29, 0.717) is 5.92 Å². The quantitative estimate of drug-likeness (QED) is 0.750. The highest BCUT2D eigenvalue weighted by Gasteiger charge is 2.27. The van der Waals surface area contributed by atoms with Crippen LogP contribution in [-0.2, 0) is 0 Å². The molecule has 0 bridgehead atoms. The number of benzene rings is 1. The van der Waals surface area contributed by atoms with Crippen LogP contribution in [0.25, 0.3) is 10.9 Å². The molecule has 0 saturated carbocycles. The molecule has 1 fully saturated rings. The molecule has 0 aliphatic carbocycles. The van der Waals surface area contributed by atoms with Gasteiger partial charge >= 0.3 is 0 Å². The molecule has 0 N–H and O–H groups in total. The molecule has 1 unspecified atom stereocenters. The Kier molecular flexibility index (Phi) is 2.83. The second-order valence-corrected chi connectivity index (χ2v) is 6.05. The average molecular weight is 243 g/mol. The van der Waals surface area contributed by atoms with Crippen LogP contribution in [0.15, 0.2) is 30.3 Å². The summed E-state index contributed by atoms with van der Waals surface area (Å²) in [6, 6.07) is 10.8. The summed E-state index contributed by atoms with van der Waals surface area (Å²) in [5, 5.41) is 1.28. The molecule has 0 radical (unpaired) electrons. The van der Waals surface area contributed by atoms with E-state index in [2.05, 4.69) is 55.9 Å². The fraction of sp³-hybridized carbons (Fsp3) is 0.400. The summed E-state index contributed by atoms with van der Waals surface area (Å²) in [5.41, 5.74) is 3.79. The Hall–Kier alpha value is -1.02. The van der Waals surface area contributed by atoms with Gasteiger partial charge in [-0.1, -0.05) is 25.1 Å². The Morgan fingerprint density at radius 2 is 2.06 bits per heavy atom. The molecule has 88 valence electrons. The average Bonchev–Trinajstić information content (AvgIpc) is 2.74. The van der Waals surface area contributed by atoms with Crippen molar-refractivity contribution in [3.05, 3.63) is 41.6 Å². The molecule has 0 spiro atoms. The number of pyridine rings is 1. The summed E-state index contributed by atoms with van der Waals surface area (Å²) in [6.07, 6.45) is 0. The minimum absolute atomic E-state index is 0.692. The van der Waals surface area contributed by atoms with Gasteiger partial charge in [0.25, 0.3) is 0 Å². The second kappa shape index (κ2) is 4.34.